The molecular formula is C9H7F3. The predicted molar refractivity (Wildman–Crippen MR) is 39.4 cm³/mol. The highest BCUT2D eigenvalue weighted by Gasteiger charge is 2.51. The molecule has 0 N–H and O–H groups in total. The number of allylic oxidation sites excluding steroid dienone is 6. The summed E-state index contributed by atoms with van der Waals surface area (Å²) in [5.74, 6) is 0.0641. The average molecular weight is 172 g/mol. The third-order valence-corrected chi connectivity index (χ3v) is 2.27. The summed E-state index contributed by atoms with van der Waals surface area (Å²) >= 11 is 0. The van der Waals surface area contributed by atoms with Crippen molar-refractivity contribution in [2.75, 3.05) is 0 Å². The van der Waals surface area contributed by atoms with Gasteiger partial charge in [-0.15, -0.1) is 0 Å². The lowest BCUT2D eigenvalue weighted by atomic mass is 9.75. The second-order valence-corrected chi connectivity index (χ2v) is 3.09. The lowest BCUT2D eigenvalue weighted by molar-refractivity contribution is -0.175. The van der Waals surface area contributed by atoms with E-state index in [1.807, 2.05) is 0 Å². The summed E-state index contributed by atoms with van der Waals surface area (Å²) in [6, 6.07) is 0. The van der Waals surface area contributed by atoms with E-state index in [0.29, 0.717) is 0 Å². The van der Waals surface area contributed by atoms with E-state index in [9.17, 15) is 13.2 Å². The maximum Gasteiger partial charge on any atom is 0.404 e. The largest absolute Gasteiger partial charge is 0.404 e. The molecule has 0 spiro atoms. The van der Waals surface area contributed by atoms with E-state index < -0.39 is 11.6 Å². The Morgan fingerprint density at radius 3 is 1.58 bits per heavy atom. The van der Waals surface area contributed by atoms with Crippen LogP contribution in [0.1, 0.15) is 0 Å². The molecule has 0 nitrogen and oxygen atoms in total. The van der Waals surface area contributed by atoms with Crippen molar-refractivity contribution in [3.05, 3.63) is 36.5 Å². The normalized spacial score (nSPS) is 37.8. The zero-order chi connectivity index (χ0) is 8.82. The third-order valence-electron chi connectivity index (χ3n) is 2.27. The van der Waals surface area contributed by atoms with Gasteiger partial charge in [-0.3, -0.25) is 0 Å². The first-order valence-corrected chi connectivity index (χ1v) is 3.68. The molecule has 0 fully saturated rings. The Morgan fingerprint density at radius 1 is 0.917 bits per heavy atom. The molecule has 0 aromatic carbocycles. The van der Waals surface area contributed by atoms with Gasteiger partial charge in [0.2, 0.25) is 0 Å². The van der Waals surface area contributed by atoms with Gasteiger partial charge >= 0.3 is 6.18 Å². The van der Waals surface area contributed by atoms with E-state index in [-0.39, 0.29) is 5.92 Å². The second-order valence-electron chi connectivity index (χ2n) is 3.09. The molecule has 0 heterocycles. The summed E-state index contributed by atoms with van der Waals surface area (Å²) in [5.41, 5.74) is -1.82. The van der Waals surface area contributed by atoms with E-state index >= 15 is 0 Å². The third kappa shape index (κ3) is 0.854. The highest BCUT2D eigenvalue weighted by molar-refractivity contribution is 5.37. The molecule has 12 heavy (non-hydrogen) atoms. The van der Waals surface area contributed by atoms with Crippen LogP contribution in [0.4, 0.5) is 13.2 Å². The zero-order valence-corrected chi connectivity index (χ0v) is 6.18. The summed E-state index contributed by atoms with van der Waals surface area (Å²) < 4.78 is 37.4. The molecule has 0 aliphatic heterocycles. The minimum Gasteiger partial charge on any atom is -0.169 e. The molecule has 0 radical (unpaired) electrons. The Labute approximate surface area is 68.1 Å². The van der Waals surface area contributed by atoms with Gasteiger partial charge in [0.1, 0.15) is 5.41 Å². The van der Waals surface area contributed by atoms with Crippen LogP contribution in [0.3, 0.4) is 0 Å². The van der Waals surface area contributed by atoms with Crippen LogP contribution in [0.25, 0.3) is 0 Å². The van der Waals surface area contributed by atoms with Gasteiger partial charge in [-0.2, -0.15) is 13.2 Å². The smallest absolute Gasteiger partial charge is 0.169 e. The average Bonchev–Trinajstić information content (AvgIpc) is 2.06. The Kier molecular flexibility index (Phi) is 1.29. The molecule has 3 rings (SSSR count). The summed E-state index contributed by atoms with van der Waals surface area (Å²) in [6.07, 6.45) is 4.18. The van der Waals surface area contributed by atoms with Gasteiger partial charge in [0, 0.05) is 5.92 Å². The van der Waals surface area contributed by atoms with Gasteiger partial charge in [-0.1, -0.05) is 36.5 Å². The minimum absolute atomic E-state index is 0.0641. The summed E-state index contributed by atoms with van der Waals surface area (Å²) in [4.78, 5) is 0. The predicted octanol–water partition coefficient (Wildman–Crippen LogP) is 2.85. The quantitative estimate of drug-likeness (QED) is 0.493. The minimum atomic E-state index is -4.21. The molecule has 2 bridgehead atoms. The summed E-state index contributed by atoms with van der Waals surface area (Å²) in [6.45, 7) is 0. The molecule has 0 aromatic rings. The van der Waals surface area contributed by atoms with Gasteiger partial charge < -0.3 is 0 Å². The molecule has 0 saturated carbocycles. The van der Waals surface area contributed by atoms with E-state index in [2.05, 4.69) is 0 Å². The molecule has 3 heteroatoms. The summed E-state index contributed by atoms with van der Waals surface area (Å²) in [5, 5.41) is 0. The number of halogens is 3. The van der Waals surface area contributed by atoms with Crippen molar-refractivity contribution in [3.8, 4) is 0 Å². The van der Waals surface area contributed by atoms with Crippen LogP contribution < -0.4 is 0 Å². The van der Waals surface area contributed by atoms with Crippen molar-refractivity contribution in [1.29, 1.82) is 0 Å². The van der Waals surface area contributed by atoms with Crippen LogP contribution in [0.15, 0.2) is 36.5 Å². The molecule has 0 saturated heterocycles. The Hall–Kier alpha value is -0.990. The maximum atomic E-state index is 12.5. The van der Waals surface area contributed by atoms with Gasteiger partial charge in [-0.25, -0.2) is 0 Å². The fourth-order valence-electron chi connectivity index (χ4n) is 1.45. The van der Waals surface area contributed by atoms with Crippen LogP contribution in [0.2, 0.25) is 0 Å². The van der Waals surface area contributed by atoms with Crippen molar-refractivity contribution in [2.45, 2.75) is 6.18 Å². The monoisotopic (exact) mass is 172 g/mol. The summed E-state index contributed by atoms with van der Waals surface area (Å²) in [7, 11) is 0. The van der Waals surface area contributed by atoms with Crippen LogP contribution >= 0.6 is 0 Å². The molecule has 3 aliphatic carbocycles. The molecule has 3 aliphatic rings. The first-order chi connectivity index (χ1) is 5.54. The molecule has 0 unspecified atom stereocenters. The van der Waals surface area contributed by atoms with Crippen molar-refractivity contribution < 1.29 is 13.2 Å². The van der Waals surface area contributed by atoms with Crippen molar-refractivity contribution in [2.24, 2.45) is 11.3 Å². The number of alkyl halides is 3. The standard InChI is InChI=1S/C9H7F3/c10-9(11,12)8-4-1-7(2-5-8)3-6-8/h1-7H. The number of rotatable bonds is 0. The van der Waals surface area contributed by atoms with Gasteiger partial charge in [0.25, 0.3) is 0 Å². The van der Waals surface area contributed by atoms with E-state index in [4.69, 9.17) is 0 Å². The molecule has 0 atom stereocenters. The van der Waals surface area contributed by atoms with Gasteiger partial charge in [-0.05, 0) is 0 Å². The Balaban J connectivity index is 2.44. The number of hydrogen-bond acceptors (Lipinski definition) is 0. The fraction of sp³-hybridized carbons (Fsp3) is 0.333. The zero-order valence-electron chi connectivity index (χ0n) is 6.18. The highest BCUT2D eigenvalue weighted by atomic mass is 19.4. The molecule has 0 amide bonds. The fourth-order valence-corrected chi connectivity index (χ4v) is 1.45. The van der Waals surface area contributed by atoms with Crippen LogP contribution in [0, 0.1) is 11.3 Å². The van der Waals surface area contributed by atoms with Crippen molar-refractivity contribution in [3.63, 3.8) is 0 Å². The first kappa shape index (κ1) is 7.65. The molecular weight excluding hydrogens is 165 g/mol. The molecule has 0 aromatic heterocycles. The topological polar surface area (TPSA) is 0 Å². The van der Waals surface area contributed by atoms with Crippen molar-refractivity contribution >= 4 is 0 Å². The van der Waals surface area contributed by atoms with Gasteiger partial charge in [0.05, 0.1) is 0 Å². The highest BCUT2D eigenvalue weighted by Crippen LogP contribution is 2.47. The van der Waals surface area contributed by atoms with E-state index in [1.54, 1.807) is 18.2 Å². The second kappa shape index (κ2) is 2.03. The van der Waals surface area contributed by atoms with Gasteiger partial charge in [0.15, 0.2) is 0 Å². The first-order valence-electron chi connectivity index (χ1n) is 3.68. The molecule has 64 valence electrons. The van der Waals surface area contributed by atoms with Crippen LogP contribution in [-0.2, 0) is 0 Å². The van der Waals surface area contributed by atoms with Crippen molar-refractivity contribution in [1.82, 2.24) is 0 Å². The SMILES string of the molecule is FC(F)(F)C12C=CC(C=C1)C=C2. The maximum absolute atomic E-state index is 12.5. The Bertz CT molecular complexity index is 245. The number of hydrogen-bond donors (Lipinski definition) is 0. The Morgan fingerprint density at radius 2 is 1.33 bits per heavy atom. The lowest BCUT2D eigenvalue weighted by Crippen LogP contribution is -2.36. The van der Waals surface area contributed by atoms with E-state index in [0.717, 1.165) is 0 Å². The van der Waals surface area contributed by atoms with E-state index in [1.165, 1.54) is 18.2 Å². The van der Waals surface area contributed by atoms with Crippen LogP contribution in [0.5, 0.6) is 0 Å². The lowest BCUT2D eigenvalue weighted by Gasteiger charge is -2.33. The van der Waals surface area contributed by atoms with Crippen LogP contribution in [-0.4, -0.2) is 6.18 Å².